The zero-order valence-corrected chi connectivity index (χ0v) is 16.5. The number of nitriles is 1. The fraction of sp³-hybridized carbons (Fsp3) is 0.273. The van der Waals surface area contributed by atoms with E-state index in [0.29, 0.717) is 36.1 Å². The molecular formula is C22H22N6O2. The topological polar surface area (TPSA) is 98.3 Å². The van der Waals surface area contributed by atoms with E-state index in [2.05, 4.69) is 31.3 Å². The van der Waals surface area contributed by atoms with Crippen molar-refractivity contribution in [2.24, 2.45) is 0 Å². The highest BCUT2D eigenvalue weighted by atomic mass is 16.5. The Hall–Kier alpha value is -3.54. The molecular weight excluding hydrogens is 380 g/mol. The highest BCUT2D eigenvalue weighted by molar-refractivity contribution is 5.92. The lowest BCUT2D eigenvalue weighted by Crippen LogP contribution is -2.48. The molecule has 3 aromatic rings. The molecule has 0 spiro atoms. The molecule has 2 aromatic carbocycles. The average molecular weight is 402 g/mol. The van der Waals surface area contributed by atoms with Gasteiger partial charge in [0, 0.05) is 37.4 Å². The van der Waals surface area contributed by atoms with Crippen LogP contribution in [-0.4, -0.2) is 58.6 Å². The van der Waals surface area contributed by atoms with Gasteiger partial charge < -0.3 is 9.84 Å². The number of benzene rings is 2. The van der Waals surface area contributed by atoms with Gasteiger partial charge in [-0.2, -0.15) is 10.2 Å². The first-order valence-electron chi connectivity index (χ1n) is 9.82. The van der Waals surface area contributed by atoms with Crippen molar-refractivity contribution in [3.05, 3.63) is 66.1 Å². The van der Waals surface area contributed by atoms with Gasteiger partial charge in [-0.1, -0.05) is 35.5 Å². The summed E-state index contributed by atoms with van der Waals surface area (Å²) in [5.74, 6) is 1.14. The number of carbonyl (C=O) groups excluding carboxylic acids is 1. The van der Waals surface area contributed by atoms with Crippen molar-refractivity contribution in [3.63, 3.8) is 0 Å². The monoisotopic (exact) mass is 402 g/mol. The zero-order chi connectivity index (χ0) is 20.8. The van der Waals surface area contributed by atoms with Crippen molar-refractivity contribution >= 4 is 11.6 Å². The Kier molecular flexibility index (Phi) is 6.13. The molecule has 1 fully saturated rings. The lowest BCUT2D eigenvalue weighted by Gasteiger charge is -2.33. The predicted octanol–water partition coefficient (Wildman–Crippen LogP) is 2.36. The highest BCUT2D eigenvalue weighted by Crippen LogP contribution is 2.16. The maximum Gasteiger partial charge on any atom is 0.241 e. The quantitative estimate of drug-likeness (QED) is 0.676. The van der Waals surface area contributed by atoms with Crippen molar-refractivity contribution < 1.29 is 9.32 Å². The molecule has 8 nitrogen and oxygen atoms in total. The van der Waals surface area contributed by atoms with Crippen LogP contribution in [0.25, 0.3) is 11.4 Å². The molecule has 1 saturated heterocycles. The van der Waals surface area contributed by atoms with Gasteiger partial charge in [0.1, 0.15) is 0 Å². The highest BCUT2D eigenvalue weighted by Gasteiger charge is 2.21. The first kappa shape index (κ1) is 19.8. The van der Waals surface area contributed by atoms with Crippen molar-refractivity contribution in [2.75, 3.05) is 38.0 Å². The molecule has 1 amide bonds. The van der Waals surface area contributed by atoms with Gasteiger partial charge in [0.05, 0.1) is 24.7 Å². The number of rotatable bonds is 6. The van der Waals surface area contributed by atoms with Crippen LogP contribution in [0.4, 0.5) is 5.69 Å². The molecule has 1 aliphatic rings. The minimum Gasteiger partial charge on any atom is -0.338 e. The van der Waals surface area contributed by atoms with Crippen LogP contribution in [0, 0.1) is 11.3 Å². The number of anilines is 1. The van der Waals surface area contributed by atoms with Crippen molar-refractivity contribution in [1.82, 2.24) is 19.9 Å². The molecule has 2 heterocycles. The van der Waals surface area contributed by atoms with Crippen LogP contribution in [0.1, 0.15) is 11.5 Å². The Labute approximate surface area is 174 Å². The summed E-state index contributed by atoms with van der Waals surface area (Å²) < 4.78 is 5.40. The molecule has 0 atom stereocenters. The SMILES string of the molecule is N#Cc1ccc(NC(=O)CN2CCN(Cc3nc(-c4ccccc4)no3)CC2)cc1. The Morgan fingerprint density at radius 2 is 1.73 bits per heavy atom. The Balaban J connectivity index is 1.22. The van der Waals surface area contributed by atoms with Crippen LogP contribution in [0.5, 0.6) is 0 Å². The van der Waals surface area contributed by atoms with E-state index in [-0.39, 0.29) is 5.91 Å². The standard InChI is InChI=1S/C22H22N6O2/c23-14-17-6-8-19(9-7-17)24-20(29)15-27-10-12-28(13-11-27)16-21-25-22(26-30-21)18-4-2-1-3-5-18/h1-9H,10-13,15-16H2,(H,24,29). The van der Waals surface area contributed by atoms with Gasteiger partial charge in [0.25, 0.3) is 0 Å². The van der Waals surface area contributed by atoms with Gasteiger partial charge in [-0.3, -0.25) is 14.6 Å². The third-order valence-corrected chi connectivity index (χ3v) is 4.99. The number of nitrogens with one attached hydrogen (secondary N) is 1. The summed E-state index contributed by atoms with van der Waals surface area (Å²) in [7, 11) is 0. The lowest BCUT2D eigenvalue weighted by molar-refractivity contribution is -0.117. The van der Waals surface area contributed by atoms with E-state index in [4.69, 9.17) is 9.78 Å². The van der Waals surface area contributed by atoms with Gasteiger partial charge in [-0.15, -0.1) is 0 Å². The van der Waals surface area contributed by atoms with Crippen LogP contribution in [0.2, 0.25) is 0 Å². The van der Waals surface area contributed by atoms with E-state index < -0.39 is 0 Å². The fourth-order valence-corrected chi connectivity index (χ4v) is 3.35. The van der Waals surface area contributed by atoms with Gasteiger partial charge >= 0.3 is 0 Å². The molecule has 1 aromatic heterocycles. The van der Waals surface area contributed by atoms with Crippen LogP contribution in [0.3, 0.4) is 0 Å². The normalized spacial score (nSPS) is 14.9. The maximum atomic E-state index is 12.3. The van der Waals surface area contributed by atoms with Gasteiger partial charge in [-0.25, -0.2) is 0 Å². The largest absolute Gasteiger partial charge is 0.338 e. The molecule has 8 heteroatoms. The number of amides is 1. The minimum absolute atomic E-state index is 0.0578. The number of aromatic nitrogens is 2. The van der Waals surface area contributed by atoms with Crippen LogP contribution < -0.4 is 5.32 Å². The van der Waals surface area contributed by atoms with E-state index in [9.17, 15) is 4.79 Å². The first-order chi connectivity index (χ1) is 14.7. The maximum absolute atomic E-state index is 12.3. The fourth-order valence-electron chi connectivity index (χ4n) is 3.35. The van der Waals surface area contributed by atoms with Crippen molar-refractivity contribution in [1.29, 1.82) is 5.26 Å². The molecule has 1 aliphatic heterocycles. The Morgan fingerprint density at radius 1 is 1.03 bits per heavy atom. The van der Waals surface area contributed by atoms with Gasteiger partial charge in [-0.05, 0) is 24.3 Å². The molecule has 30 heavy (non-hydrogen) atoms. The van der Waals surface area contributed by atoms with Crippen molar-refractivity contribution in [3.8, 4) is 17.5 Å². The molecule has 0 radical (unpaired) electrons. The average Bonchev–Trinajstić information content (AvgIpc) is 3.25. The molecule has 0 saturated carbocycles. The number of hydrogen-bond acceptors (Lipinski definition) is 7. The molecule has 4 rings (SSSR count). The van der Waals surface area contributed by atoms with Crippen LogP contribution >= 0.6 is 0 Å². The van der Waals surface area contributed by atoms with Crippen LogP contribution in [-0.2, 0) is 11.3 Å². The summed E-state index contributed by atoms with van der Waals surface area (Å²) >= 11 is 0. The second-order valence-corrected chi connectivity index (χ2v) is 7.17. The second-order valence-electron chi connectivity index (χ2n) is 7.17. The second kappa shape index (κ2) is 9.31. The van der Waals surface area contributed by atoms with E-state index in [1.165, 1.54) is 0 Å². The molecule has 0 aliphatic carbocycles. The Bertz CT molecular complexity index is 1020. The van der Waals surface area contributed by atoms with E-state index in [1.807, 2.05) is 30.3 Å². The number of nitrogens with zero attached hydrogens (tertiary/aromatic N) is 5. The van der Waals surface area contributed by atoms with Crippen molar-refractivity contribution in [2.45, 2.75) is 6.54 Å². The summed E-state index contributed by atoms with van der Waals surface area (Å²) in [6.07, 6.45) is 0. The van der Waals surface area contributed by atoms with E-state index >= 15 is 0 Å². The van der Waals surface area contributed by atoms with Gasteiger partial charge in [0.15, 0.2) is 0 Å². The smallest absolute Gasteiger partial charge is 0.241 e. The van der Waals surface area contributed by atoms with Crippen LogP contribution in [0.15, 0.2) is 59.1 Å². The number of carbonyl (C=O) groups is 1. The summed E-state index contributed by atoms with van der Waals surface area (Å²) in [5, 5.41) is 15.8. The van der Waals surface area contributed by atoms with E-state index in [1.54, 1.807) is 24.3 Å². The summed E-state index contributed by atoms with van der Waals surface area (Å²) in [6, 6.07) is 18.7. The third-order valence-electron chi connectivity index (χ3n) is 4.99. The summed E-state index contributed by atoms with van der Waals surface area (Å²) in [4.78, 5) is 21.1. The molecule has 0 unspecified atom stereocenters. The first-order valence-corrected chi connectivity index (χ1v) is 9.82. The third kappa shape index (κ3) is 5.08. The minimum atomic E-state index is -0.0578. The predicted molar refractivity (Wildman–Crippen MR) is 111 cm³/mol. The lowest BCUT2D eigenvalue weighted by atomic mass is 10.2. The molecule has 0 bridgehead atoms. The molecule has 1 N–H and O–H groups in total. The number of hydrogen-bond donors (Lipinski definition) is 1. The Morgan fingerprint density at radius 3 is 2.43 bits per heavy atom. The van der Waals surface area contributed by atoms with E-state index in [0.717, 1.165) is 31.7 Å². The summed E-state index contributed by atoms with van der Waals surface area (Å²) in [5.41, 5.74) is 2.20. The van der Waals surface area contributed by atoms with Gasteiger partial charge in [0.2, 0.25) is 17.6 Å². The number of piperazine rings is 1. The molecule has 152 valence electrons. The summed E-state index contributed by atoms with van der Waals surface area (Å²) in [6.45, 7) is 4.18. The zero-order valence-electron chi connectivity index (χ0n) is 16.5.